The normalized spacial score (nSPS) is 11.5. The third kappa shape index (κ3) is 3.82. The van der Waals surface area contributed by atoms with E-state index in [1.54, 1.807) is 24.3 Å². The van der Waals surface area contributed by atoms with E-state index in [4.69, 9.17) is 0 Å². The first kappa shape index (κ1) is 21.5. The van der Waals surface area contributed by atoms with Crippen molar-refractivity contribution in [2.24, 2.45) is 0 Å². The Labute approximate surface area is 189 Å². The number of hydrogen-bond acceptors (Lipinski definition) is 3. The lowest BCUT2D eigenvalue weighted by Crippen LogP contribution is -2.27. The Morgan fingerprint density at radius 3 is 1.66 bits per heavy atom. The van der Waals surface area contributed by atoms with Crippen molar-refractivity contribution in [3.8, 4) is 17.2 Å². The highest BCUT2D eigenvalue weighted by Crippen LogP contribution is 2.44. The second kappa shape index (κ2) is 8.43. The van der Waals surface area contributed by atoms with Gasteiger partial charge in [-0.3, -0.25) is 0 Å². The van der Waals surface area contributed by atoms with Crippen LogP contribution in [0.5, 0.6) is 17.2 Å². The van der Waals surface area contributed by atoms with Crippen LogP contribution in [-0.4, -0.2) is 15.3 Å². The van der Waals surface area contributed by atoms with Gasteiger partial charge in [0.2, 0.25) is 0 Å². The van der Waals surface area contributed by atoms with E-state index in [1.807, 2.05) is 48.5 Å². The molecule has 162 valence electrons. The quantitative estimate of drug-likeness (QED) is 0.326. The van der Waals surface area contributed by atoms with Crippen molar-refractivity contribution in [1.82, 2.24) is 0 Å². The summed E-state index contributed by atoms with van der Waals surface area (Å²) in [6.07, 6.45) is 0.661. The van der Waals surface area contributed by atoms with Gasteiger partial charge in [0.15, 0.2) is 0 Å². The number of phenolic OH excluding ortho intramolecular Hbond substituents is 3. The van der Waals surface area contributed by atoms with Crippen LogP contribution in [0.15, 0.2) is 84.9 Å². The maximum absolute atomic E-state index is 11.1. The summed E-state index contributed by atoms with van der Waals surface area (Å²) in [6, 6.07) is 26.4. The molecule has 4 aromatic carbocycles. The summed E-state index contributed by atoms with van der Waals surface area (Å²) < 4.78 is 0. The fraction of sp³-hybridized carbons (Fsp3) is 0.172. The first-order chi connectivity index (χ1) is 15.3. The fourth-order valence-corrected chi connectivity index (χ4v) is 4.56. The van der Waals surface area contributed by atoms with Gasteiger partial charge in [0.25, 0.3) is 0 Å². The number of aromatic hydroxyl groups is 3. The number of phenols is 3. The van der Waals surface area contributed by atoms with E-state index in [0.717, 1.165) is 38.9 Å². The molecule has 0 heterocycles. The molecule has 0 aliphatic rings. The van der Waals surface area contributed by atoms with Crippen LogP contribution in [0.4, 0.5) is 0 Å². The maximum Gasteiger partial charge on any atom is 0.119 e. The predicted octanol–water partition coefficient (Wildman–Crippen LogP) is 6.37. The molecule has 0 aliphatic heterocycles. The number of benzene rings is 4. The smallest absolute Gasteiger partial charge is 0.119 e. The standard InChI is InChI=1S/C29H28O3/c1-19-20(2)27(18-28(32)26(19)17-21-7-5-4-6-8-21)29(3,22-9-13-24(30)14-10-22)23-11-15-25(31)16-12-23/h4-16,18,30-32H,17H2,1-3H3. The van der Waals surface area contributed by atoms with E-state index in [0.29, 0.717) is 6.42 Å². The van der Waals surface area contributed by atoms with Crippen molar-refractivity contribution >= 4 is 0 Å². The summed E-state index contributed by atoms with van der Waals surface area (Å²) in [6.45, 7) is 6.27. The average molecular weight is 425 g/mol. The predicted molar refractivity (Wildman–Crippen MR) is 129 cm³/mol. The van der Waals surface area contributed by atoms with Crippen LogP contribution in [0, 0.1) is 13.8 Å². The summed E-state index contributed by atoms with van der Waals surface area (Å²) in [7, 11) is 0. The van der Waals surface area contributed by atoms with Gasteiger partial charge in [-0.25, -0.2) is 0 Å². The zero-order valence-corrected chi connectivity index (χ0v) is 18.6. The van der Waals surface area contributed by atoms with Crippen LogP contribution in [0.2, 0.25) is 0 Å². The van der Waals surface area contributed by atoms with Crippen molar-refractivity contribution in [3.63, 3.8) is 0 Å². The van der Waals surface area contributed by atoms with Crippen LogP contribution in [0.3, 0.4) is 0 Å². The fourth-order valence-electron chi connectivity index (χ4n) is 4.56. The van der Waals surface area contributed by atoms with E-state index in [1.165, 1.54) is 0 Å². The van der Waals surface area contributed by atoms with Gasteiger partial charge in [-0.2, -0.15) is 0 Å². The molecule has 3 N–H and O–H groups in total. The van der Waals surface area contributed by atoms with Crippen molar-refractivity contribution < 1.29 is 15.3 Å². The molecule has 4 aromatic rings. The van der Waals surface area contributed by atoms with Crippen molar-refractivity contribution in [2.75, 3.05) is 0 Å². The lowest BCUT2D eigenvalue weighted by Gasteiger charge is -2.34. The molecule has 32 heavy (non-hydrogen) atoms. The van der Waals surface area contributed by atoms with Gasteiger partial charge in [0.05, 0.1) is 0 Å². The Hall–Kier alpha value is -3.72. The lowest BCUT2D eigenvalue weighted by molar-refractivity contribution is 0.465. The molecule has 0 spiro atoms. The zero-order valence-electron chi connectivity index (χ0n) is 18.6. The first-order valence-corrected chi connectivity index (χ1v) is 10.8. The molecule has 3 heteroatoms. The van der Waals surface area contributed by atoms with Crippen molar-refractivity contribution in [3.05, 3.63) is 124 Å². The largest absolute Gasteiger partial charge is 0.508 e. The lowest BCUT2D eigenvalue weighted by atomic mass is 9.68. The van der Waals surface area contributed by atoms with Gasteiger partial charge >= 0.3 is 0 Å². The first-order valence-electron chi connectivity index (χ1n) is 10.8. The molecule has 0 fully saturated rings. The summed E-state index contributed by atoms with van der Waals surface area (Å²) in [5.74, 6) is 0.683. The minimum atomic E-state index is -0.598. The second-order valence-corrected chi connectivity index (χ2v) is 8.55. The Morgan fingerprint density at radius 1 is 0.656 bits per heavy atom. The van der Waals surface area contributed by atoms with E-state index in [2.05, 4.69) is 32.9 Å². The molecular weight excluding hydrogens is 396 g/mol. The highest BCUT2D eigenvalue weighted by molar-refractivity contribution is 5.59. The van der Waals surface area contributed by atoms with Gasteiger partial charge in [-0.05, 0) is 84.5 Å². The summed E-state index contributed by atoms with van der Waals surface area (Å²) in [4.78, 5) is 0. The van der Waals surface area contributed by atoms with E-state index >= 15 is 0 Å². The molecule has 0 saturated carbocycles. The monoisotopic (exact) mass is 424 g/mol. The molecule has 0 saturated heterocycles. The highest BCUT2D eigenvalue weighted by atomic mass is 16.3. The van der Waals surface area contributed by atoms with Gasteiger partial charge in [0.1, 0.15) is 17.2 Å². The number of hydrogen-bond donors (Lipinski definition) is 3. The molecule has 0 radical (unpaired) electrons. The minimum Gasteiger partial charge on any atom is -0.508 e. The Bertz CT molecular complexity index is 1180. The highest BCUT2D eigenvalue weighted by Gasteiger charge is 2.34. The molecule has 0 aliphatic carbocycles. The van der Waals surface area contributed by atoms with E-state index in [-0.39, 0.29) is 17.2 Å². The third-order valence-electron chi connectivity index (χ3n) is 6.66. The van der Waals surface area contributed by atoms with Crippen LogP contribution in [0.1, 0.15) is 45.9 Å². The SMILES string of the molecule is Cc1c(C(C)(c2ccc(O)cc2)c2ccc(O)cc2)cc(O)c(Cc2ccccc2)c1C. The van der Waals surface area contributed by atoms with E-state index in [9.17, 15) is 15.3 Å². The molecule has 0 atom stereocenters. The molecular formula is C29H28O3. The molecule has 4 rings (SSSR count). The zero-order chi connectivity index (χ0) is 22.9. The topological polar surface area (TPSA) is 60.7 Å². The summed E-state index contributed by atoms with van der Waals surface area (Å²) >= 11 is 0. The minimum absolute atomic E-state index is 0.204. The van der Waals surface area contributed by atoms with Crippen molar-refractivity contribution in [2.45, 2.75) is 32.6 Å². The van der Waals surface area contributed by atoms with Crippen LogP contribution in [-0.2, 0) is 11.8 Å². The Morgan fingerprint density at radius 2 is 1.16 bits per heavy atom. The van der Waals surface area contributed by atoms with Crippen LogP contribution in [0.25, 0.3) is 0 Å². The molecule has 0 amide bonds. The van der Waals surface area contributed by atoms with Gasteiger partial charge < -0.3 is 15.3 Å². The van der Waals surface area contributed by atoms with Crippen LogP contribution < -0.4 is 0 Å². The van der Waals surface area contributed by atoms with Gasteiger partial charge in [-0.1, -0.05) is 54.6 Å². The van der Waals surface area contributed by atoms with Gasteiger partial charge in [0, 0.05) is 17.4 Å². The second-order valence-electron chi connectivity index (χ2n) is 8.55. The molecule has 0 bridgehead atoms. The maximum atomic E-state index is 11.1. The Balaban J connectivity index is 1.91. The number of rotatable bonds is 5. The average Bonchev–Trinajstić information content (AvgIpc) is 2.80. The molecule has 3 nitrogen and oxygen atoms in total. The van der Waals surface area contributed by atoms with Crippen LogP contribution >= 0.6 is 0 Å². The molecule has 0 unspecified atom stereocenters. The summed E-state index contributed by atoms with van der Waals surface area (Å²) in [5, 5.41) is 30.8. The molecule has 0 aromatic heterocycles. The van der Waals surface area contributed by atoms with Crippen molar-refractivity contribution in [1.29, 1.82) is 0 Å². The third-order valence-corrected chi connectivity index (χ3v) is 6.66. The van der Waals surface area contributed by atoms with Gasteiger partial charge in [-0.15, -0.1) is 0 Å². The summed E-state index contributed by atoms with van der Waals surface area (Å²) in [5.41, 5.74) is 6.61. The van der Waals surface area contributed by atoms with E-state index < -0.39 is 5.41 Å². The Kier molecular flexibility index (Phi) is 5.67.